The zero-order valence-electron chi connectivity index (χ0n) is 14.3. The van der Waals surface area contributed by atoms with E-state index in [-0.39, 0.29) is 23.2 Å². The van der Waals surface area contributed by atoms with Crippen LogP contribution in [0.1, 0.15) is 28.8 Å². The fraction of sp³-hybridized carbons (Fsp3) is 0.300. The van der Waals surface area contributed by atoms with Crippen molar-refractivity contribution in [1.29, 1.82) is 0 Å². The van der Waals surface area contributed by atoms with E-state index in [0.717, 1.165) is 31.5 Å². The number of nitrogens with zero attached hydrogens (tertiary/aromatic N) is 2. The molecule has 0 aromatic heterocycles. The second-order valence-corrected chi connectivity index (χ2v) is 6.50. The van der Waals surface area contributed by atoms with Crippen molar-refractivity contribution in [2.45, 2.75) is 12.8 Å². The molecule has 2 aromatic rings. The Hall–Kier alpha value is -2.60. The minimum atomic E-state index is -0.399. The van der Waals surface area contributed by atoms with Gasteiger partial charge in [0.2, 0.25) is 0 Å². The Morgan fingerprint density at radius 1 is 1.19 bits per heavy atom. The van der Waals surface area contributed by atoms with Crippen molar-refractivity contribution >= 4 is 11.5 Å². The number of piperidine rings is 1. The van der Waals surface area contributed by atoms with Crippen molar-refractivity contribution in [1.82, 2.24) is 4.90 Å². The molecule has 1 aliphatic rings. The monoisotopic (exact) mass is 355 g/mol. The summed E-state index contributed by atoms with van der Waals surface area (Å²) in [5.74, 6) is -0.296. The highest BCUT2D eigenvalue weighted by molar-refractivity contribution is 5.97. The molecule has 3 rings (SSSR count). The van der Waals surface area contributed by atoms with Gasteiger partial charge in [-0.1, -0.05) is 12.1 Å². The van der Waals surface area contributed by atoms with E-state index in [1.54, 1.807) is 24.3 Å². The van der Waals surface area contributed by atoms with E-state index in [4.69, 9.17) is 0 Å². The number of benzene rings is 2. The Bertz CT molecular complexity index is 784. The molecule has 0 spiro atoms. The van der Waals surface area contributed by atoms with E-state index in [0.29, 0.717) is 12.1 Å². The van der Waals surface area contributed by atoms with Gasteiger partial charge in [-0.3, -0.25) is 14.9 Å². The van der Waals surface area contributed by atoms with Gasteiger partial charge in [-0.15, -0.1) is 0 Å². The number of likely N-dealkylation sites (tertiary alicyclic amines) is 1. The highest BCUT2D eigenvalue weighted by Gasteiger charge is 2.25. The van der Waals surface area contributed by atoms with Gasteiger partial charge in [0, 0.05) is 36.6 Å². The number of non-ortho nitro benzene ring substituents is 1. The lowest BCUT2D eigenvalue weighted by Gasteiger charge is -2.31. The molecule has 5 nitrogen and oxygen atoms in total. The molecule has 1 saturated heterocycles. The lowest BCUT2D eigenvalue weighted by atomic mass is 9.89. The molecule has 0 saturated carbocycles. The summed E-state index contributed by atoms with van der Waals surface area (Å²) in [4.78, 5) is 25.1. The second kappa shape index (κ2) is 8.19. The van der Waals surface area contributed by atoms with Crippen LogP contribution in [0, 0.1) is 28.3 Å². The number of carbonyl (C=O) groups excluding carboxylic acids is 1. The van der Waals surface area contributed by atoms with Crippen LogP contribution in [0.5, 0.6) is 0 Å². The summed E-state index contributed by atoms with van der Waals surface area (Å²) in [6.07, 6.45) is 3.49. The maximum absolute atomic E-state index is 13.0. The molecular formula is C20H20FN2O3. The molecular weight excluding hydrogens is 335 g/mol. The molecule has 0 amide bonds. The number of nitro benzene ring substituents is 1. The first-order valence-electron chi connectivity index (χ1n) is 8.63. The molecule has 1 aliphatic heterocycles. The van der Waals surface area contributed by atoms with Gasteiger partial charge in [-0.05, 0) is 55.8 Å². The summed E-state index contributed by atoms with van der Waals surface area (Å²) in [7, 11) is 0. The number of halogens is 1. The van der Waals surface area contributed by atoms with Crippen molar-refractivity contribution < 1.29 is 14.1 Å². The Balaban J connectivity index is 1.49. The first-order chi connectivity index (χ1) is 12.5. The molecule has 0 unspecified atom stereocenters. The summed E-state index contributed by atoms with van der Waals surface area (Å²) in [6.45, 7) is 2.28. The van der Waals surface area contributed by atoms with E-state index in [1.165, 1.54) is 18.2 Å². The average molecular weight is 355 g/mol. The zero-order chi connectivity index (χ0) is 18.5. The van der Waals surface area contributed by atoms with Crippen LogP contribution in [0.4, 0.5) is 10.1 Å². The third kappa shape index (κ3) is 4.52. The van der Waals surface area contributed by atoms with Crippen LogP contribution in [0.3, 0.4) is 0 Å². The molecule has 2 aromatic carbocycles. The fourth-order valence-electron chi connectivity index (χ4n) is 3.23. The molecule has 0 aliphatic carbocycles. The predicted molar refractivity (Wildman–Crippen MR) is 96.4 cm³/mol. The minimum Gasteiger partial charge on any atom is -0.303 e. The standard InChI is InChI=1S/C20H20FN2O3/c21-18-6-4-16(5-7-18)20(24)17-9-12-22(13-10-17)11-8-15-2-1-3-19(14-15)23(25)26/h1-8,14,17H,9-13H2. The Morgan fingerprint density at radius 3 is 2.54 bits per heavy atom. The number of carbonyl (C=O) groups is 1. The molecule has 1 radical (unpaired) electrons. The van der Waals surface area contributed by atoms with Crippen LogP contribution in [-0.2, 0) is 0 Å². The lowest BCUT2D eigenvalue weighted by molar-refractivity contribution is -0.384. The summed E-state index contributed by atoms with van der Waals surface area (Å²) in [5.41, 5.74) is 1.47. The highest BCUT2D eigenvalue weighted by atomic mass is 19.1. The predicted octanol–water partition coefficient (Wildman–Crippen LogP) is 3.88. The van der Waals surface area contributed by atoms with Crippen LogP contribution in [0.25, 0.3) is 0 Å². The van der Waals surface area contributed by atoms with Gasteiger partial charge in [0.25, 0.3) is 5.69 Å². The van der Waals surface area contributed by atoms with Crippen molar-refractivity contribution in [2.24, 2.45) is 5.92 Å². The van der Waals surface area contributed by atoms with E-state index in [9.17, 15) is 19.3 Å². The number of hydrogen-bond acceptors (Lipinski definition) is 4. The topological polar surface area (TPSA) is 63.5 Å². The van der Waals surface area contributed by atoms with Crippen molar-refractivity contribution in [3.63, 3.8) is 0 Å². The van der Waals surface area contributed by atoms with Gasteiger partial charge < -0.3 is 4.90 Å². The van der Waals surface area contributed by atoms with Crippen LogP contribution >= 0.6 is 0 Å². The molecule has 26 heavy (non-hydrogen) atoms. The molecule has 6 heteroatoms. The van der Waals surface area contributed by atoms with Gasteiger partial charge >= 0.3 is 0 Å². The molecule has 1 fully saturated rings. The minimum absolute atomic E-state index is 0.0328. The highest BCUT2D eigenvalue weighted by Crippen LogP contribution is 2.23. The fourth-order valence-corrected chi connectivity index (χ4v) is 3.23. The quantitative estimate of drug-likeness (QED) is 0.448. The van der Waals surface area contributed by atoms with Gasteiger partial charge in [-0.2, -0.15) is 0 Å². The number of Topliss-reactive ketones (excluding diaryl/α,β-unsaturated/α-hetero) is 1. The second-order valence-electron chi connectivity index (χ2n) is 6.50. The number of rotatable bonds is 6. The zero-order valence-corrected chi connectivity index (χ0v) is 14.3. The Labute approximate surface area is 151 Å². The third-order valence-corrected chi connectivity index (χ3v) is 4.75. The third-order valence-electron chi connectivity index (χ3n) is 4.75. The number of nitro groups is 1. The summed E-state index contributed by atoms with van der Waals surface area (Å²) in [5, 5.41) is 10.8. The maximum Gasteiger partial charge on any atom is 0.269 e. The summed E-state index contributed by atoms with van der Waals surface area (Å²) in [6, 6.07) is 12.3. The lowest BCUT2D eigenvalue weighted by Crippen LogP contribution is -2.37. The SMILES string of the molecule is O=C(c1ccc(F)cc1)C1CCN(C[CH]c2cccc([N+](=O)[O-])c2)CC1. The summed E-state index contributed by atoms with van der Waals surface area (Å²) < 4.78 is 13.0. The van der Waals surface area contributed by atoms with Crippen molar-refractivity contribution in [3.8, 4) is 0 Å². The average Bonchev–Trinajstić information content (AvgIpc) is 2.67. The van der Waals surface area contributed by atoms with Crippen LogP contribution < -0.4 is 0 Å². The molecule has 0 N–H and O–H groups in total. The van der Waals surface area contributed by atoms with Crippen molar-refractivity contribution in [3.05, 3.63) is 82.0 Å². The molecule has 1 heterocycles. The van der Waals surface area contributed by atoms with E-state index >= 15 is 0 Å². The molecule has 135 valence electrons. The van der Waals surface area contributed by atoms with Gasteiger partial charge in [0.1, 0.15) is 5.82 Å². The Morgan fingerprint density at radius 2 is 1.88 bits per heavy atom. The first kappa shape index (κ1) is 18.2. The normalized spacial score (nSPS) is 15.7. The van der Waals surface area contributed by atoms with E-state index in [2.05, 4.69) is 4.90 Å². The Kier molecular flexibility index (Phi) is 5.73. The number of hydrogen-bond donors (Lipinski definition) is 0. The van der Waals surface area contributed by atoms with Crippen LogP contribution in [0.2, 0.25) is 0 Å². The smallest absolute Gasteiger partial charge is 0.269 e. The van der Waals surface area contributed by atoms with Crippen molar-refractivity contribution in [2.75, 3.05) is 19.6 Å². The number of ketones is 1. The van der Waals surface area contributed by atoms with Crippen LogP contribution in [-0.4, -0.2) is 35.2 Å². The van der Waals surface area contributed by atoms with Gasteiger partial charge in [-0.25, -0.2) is 4.39 Å². The van der Waals surface area contributed by atoms with Gasteiger partial charge in [0.15, 0.2) is 5.78 Å². The van der Waals surface area contributed by atoms with Gasteiger partial charge in [0.05, 0.1) is 4.92 Å². The van der Waals surface area contributed by atoms with E-state index < -0.39 is 4.92 Å². The van der Waals surface area contributed by atoms with E-state index in [1.807, 2.05) is 12.5 Å². The maximum atomic E-state index is 13.0. The largest absolute Gasteiger partial charge is 0.303 e. The molecule has 0 atom stereocenters. The van der Waals surface area contributed by atoms with Crippen LogP contribution in [0.15, 0.2) is 48.5 Å². The molecule has 0 bridgehead atoms. The summed E-state index contributed by atoms with van der Waals surface area (Å²) >= 11 is 0. The first-order valence-corrected chi connectivity index (χ1v) is 8.63.